The zero-order valence-electron chi connectivity index (χ0n) is 11.0. The SMILES string of the molecule is CCOC(CCOc1ccc(CCO)cc1)C(=O)O. The highest BCUT2D eigenvalue weighted by Crippen LogP contribution is 2.13. The minimum Gasteiger partial charge on any atom is -0.493 e. The summed E-state index contributed by atoms with van der Waals surface area (Å²) in [6.45, 7) is 2.54. The molecule has 0 fully saturated rings. The van der Waals surface area contributed by atoms with Crippen molar-refractivity contribution in [2.24, 2.45) is 0 Å². The number of rotatable bonds is 9. The summed E-state index contributed by atoms with van der Waals surface area (Å²) in [6, 6.07) is 7.37. The Morgan fingerprint density at radius 3 is 2.53 bits per heavy atom. The van der Waals surface area contributed by atoms with E-state index in [0.29, 0.717) is 25.2 Å². The number of aliphatic hydroxyl groups excluding tert-OH is 1. The average Bonchev–Trinajstić information content (AvgIpc) is 2.40. The third-order valence-electron chi connectivity index (χ3n) is 2.62. The second kappa shape index (κ2) is 8.50. The number of benzene rings is 1. The van der Waals surface area contributed by atoms with E-state index in [2.05, 4.69) is 0 Å². The fourth-order valence-corrected chi connectivity index (χ4v) is 1.64. The molecule has 1 atom stereocenters. The van der Waals surface area contributed by atoms with Crippen LogP contribution >= 0.6 is 0 Å². The fourth-order valence-electron chi connectivity index (χ4n) is 1.64. The summed E-state index contributed by atoms with van der Waals surface area (Å²) in [7, 11) is 0. The van der Waals surface area contributed by atoms with Crippen LogP contribution in [0.2, 0.25) is 0 Å². The molecule has 2 N–H and O–H groups in total. The van der Waals surface area contributed by atoms with E-state index in [0.717, 1.165) is 5.56 Å². The molecule has 0 spiro atoms. The Labute approximate surface area is 112 Å². The molecule has 1 unspecified atom stereocenters. The Kier molecular flexibility index (Phi) is 6.92. The lowest BCUT2D eigenvalue weighted by molar-refractivity contribution is -0.150. The van der Waals surface area contributed by atoms with Gasteiger partial charge in [0, 0.05) is 19.6 Å². The molecule has 106 valence electrons. The maximum atomic E-state index is 10.8. The molecule has 0 heterocycles. The highest BCUT2D eigenvalue weighted by Gasteiger charge is 2.16. The van der Waals surface area contributed by atoms with Gasteiger partial charge in [-0.05, 0) is 31.0 Å². The van der Waals surface area contributed by atoms with Gasteiger partial charge in [0.05, 0.1) is 6.61 Å². The van der Waals surface area contributed by atoms with Crippen molar-refractivity contribution in [2.75, 3.05) is 19.8 Å². The number of carbonyl (C=O) groups is 1. The smallest absolute Gasteiger partial charge is 0.332 e. The van der Waals surface area contributed by atoms with Gasteiger partial charge in [0.15, 0.2) is 6.10 Å². The maximum absolute atomic E-state index is 10.8. The van der Waals surface area contributed by atoms with E-state index in [9.17, 15) is 4.79 Å². The minimum absolute atomic E-state index is 0.120. The standard InChI is InChI=1S/C14H20O5/c1-2-18-13(14(16)17)8-10-19-12-5-3-11(4-6-12)7-9-15/h3-6,13,15H,2,7-10H2,1H3,(H,16,17). The highest BCUT2D eigenvalue weighted by atomic mass is 16.5. The fraction of sp³-hybridized carbons (Fsp3) is 0.500. The zero-order valence-corrected chi connectivity index (χ0v) is 11.0. The van der Waals surface area contributed by atoms with Crippen LogP contribution in [-0.2, 0) is 16.0 Å². The van der Waals surface area contributed by atoms with E-state index in [1.807, 2.05) is 12.1 Å². The first-order chi connectivity index (χ1) is 9.17. The van der Waals surface area contributed by atoms with Gasteiger partial charge in [-0.3, -0.25) is 0 Å². The van der Waals surface area contributed by atoms with Crippen molar-refractivity contribution in [1.29, 1.82) is 0 Å². The molecule has 0 aliphatic carbocycles. The van der Waals surface area contributed by atoms with Crippen molar-refractivity contribution < 1.29 is 24.5 Å². The molecule has 0 aliphatic rings. The van der Waals surface area contributed by atoms with Gasteiger partial charge in [0.1, 0.15) is 5.75 Å². The lowest BCUT2D eigenvalue weighted by Gasteiger charge is -2.13. The van der Waals surface area contributed by atoms with Gasteiger partial charge in [-0.1, -0.05) is 12.1 Å². The van der Waals surface area contributed by atoms with Crippen LogP contribution in [0.25, 0.3) is 0 Å². The second-order valence-corrected chi connectivity index (χ2v) is 4.04. The lowest BCUT2D eigenvalue weighted by atomic mass is 10.1. The van der Waals surface area contributed by atoms with E-state index < -0.39 is 12.1 Å². The second-order valence-electron chi connectivity index (χ2n) is 4.04. The first-order valence-corrected chi connectivity index (χ1v) is 6.34. The van der Waals surface area contributed by atoms with Crippen LogP contribution in [0.15, 0.2) is 24.3 Å². The molecule has 1 aromatic rings. The Morgan fingerprint density at radius 2 is 2.00 bits per heavy atom. The van der Waals surface area contributed by atoms with Gasteiger partial charge in [0.2, 0.25) is 0 Å². The molecular formula is C14H20O5. The average molecular weight is 268 g/mol. The summed E-state index contributed by atoms with van der Waals surface area (Å²) in [6.07, 6.45) is 0.103. The third kappa shape index (κ3) is 5.72. The maximum Gasteiger partial charge on any atom is 0.332 e. The van der Waals surface area contributed by atoms with E-state index >= 15 is 0 Å². The normalized spacial score (nSPS) is 12.1. The molecule has 0 saturated heterocycles. The number of hydrogen-bond acceptors (Lipinski definition) is 4. The molecule has 0 aliphatic heterocycles. The summed E-state index contributed by atoms with van der Waals surface area (Å²) in [5.74, 6) is -0.286. The van der Waals surface area contributed by atoms with Gasteiger partial charge >= 0.3 is 5.97 Å². The molecule has 0 radical (unpaired) electrons. The molecule has 0 bridgehead atoms. The van der Waals surface area contributed by atoms with Crippen LogP contribution in [0.5, 0.6) is 5.75 Å². The van der Waals surface area contributed by atoms with E-state index in [4.69, 9.17) is 19.7 Å². The molecule has 19 heavy (non-hydrogen) atoms. The quantitative estimate of drug-likeness (QED) is 0.709. The Balaban J connectivity index is 2.37. The number of carboxylic acid groups (broad SMARTS) is 1. The van der Waals surface area contributed by atoms with Crippen molar-refractivity contribution in [1.82, 2.24) is 0 Å². The highest BCUT2D eigenvalue weighted by molar-refractivity contribution is 5.72. The number of hydrogen-bond donors (Lipinski definition) is 2. The monoisotopic (exact) mass is 268 g/mol. The van der Waals surface area contributed by atoms with Crippen molar-refractivity contribution in [3.8, 4) is 5.75 Å². The van der Waals surface area contributed by atoms with E-state index in [1.54, 1.807) is 19.1 Å². The lowest BCUT2D eigenvalue weighted by Crippen LogP contribution is -2.26. The van der Waals surface area contributed by atoms with Crippen LogP contribution in [0.3, 0.4) is 0 Å². The number of aliphatic hydroxyl groups is 1. The van der Waals surface area contributed by atoms with Crippen LogP contribution in [0.4, 0.5) is 0 Å². The van der Waals surface area contributed by atoms with E-state index in [-0.39, 0.29) is 13.2 Å². The number of aliphatic carboxylic acids is 1. The topological polar surface area (TPSA) is 76.0 Å². The van der Waals surface area contributed by atoms with E-state index in [1.165, 1.54) is 0 Å². The van der Waals surface area contributed by atoms with Gasteiger partial charge in [-0.25, -0.2) is 4.79 Å². The van der Waals surface area contributed by atoms with Gasteiger partial charge in [-0.2, -0.15) is 0 Å². The summed E-state index contributed by atoms with van der Waals surface area (Å²) in [5, 5.41) is 17.7. The molecule has 0 saturated carbocycles. The summed E-state index contributed by atoms with van der Waals surface area (Å²) in [4.78, 5) is 10.8. The van der Waals surface area contributed by atoms with Crippen LogP contribution in [-0.4, -0.2) is 42.1 Å². The van der Waals surface area contributed by atoms with Crippen LogP contribution in [0.1, 0.15) is 18.9 Å². The number of carboxylic acids is 1. The van der Waals surface area contributed by atoms with Gasteiger partial charge in [0.25, 0.3) is 0 Å². The minimum atomic E-state index is -0.969. The molecule has 1 rings (SSSR count). The molecule has 1 aromatic carbocycles. The van der Waals surface area contributed by atoms with Gasteiger partial charge in [-0.15, -0.1) is 0 Å². The van der Waals surface area contributed by atoms with Gasteiger partial charge < -0.3 is 19.7 Å². The Morgan fingerprint density at radius 1 is 1.32 bits per heavy atom. The summed E-state index contributed by atoms with van der Waals surface area (Å²) < 4.78 is 10.5. The molecule has 5 heteroatoms. The molecule has 5 nitrogen and oxygen atoms in total. The molecular weight excluding hydrogens is 248 g/mol. The first-order valence-electron chi connectivity index (χ1n) is 6.34. The molecule has 0 aromatic heterocycles. The Hall–Kier alpha value is -1.59. The first kappa shape index (κ1) is 15.5. The zero-order chi connectivity index (χ0) is 14.1. The van der Waals surface area contributed by atoms with Crippen molar-refractivity contribution in [2.45, 2.75) is 25.9 Å². The predicted octanol–water partition coefficient (Wildman–Crippen LogP) is 1.48. The van der Waals surface area contributed by atoms with Crippen LogP contribution in [0, 0.1) is 0 Å². The molecule has 0 amide bonds. The van der Waals surface area contributed by atoms with Crippen LogP contribution < -0.4 is 4.74 Å². The van der Waals surface area contributed by atoms with Crippen molar-refractivity contribution in [3.63, 3.8) is 0 Å². The largest absolute Gasteiger partial charge is 0.493 e. The Bertz CT molecular complexity index is 374. The summed E-state index contributed by atoms with van der Waals surface area (Å²) >= 11 is 0. The summed E-state index contributed by atoms with van der Waals surface area (Å²) in [5.41, 5.74) is 1.03. The van der Waals surface area contributed by atoms with Crippen molar-refractivity contribution in [3.05, 3.63) is 29.8 Å². The number of ether oxygens (including phenoxy) is 2. The van der Waals surface area contributed by atoms with Crippen molar-refractivity contribution >= 4 is 5.97 Å². The predicted molar refractivity (Wildman–Crippen MR) is 70.4 cm³/mol. The third-order valence-corrected chi connectivity index (χ3v) is 2.62.